The van der Waals surface area contributed by atoms with Gasteiger partial charge in [0, 0.05) is 7.11 Å². The minimum Gasteiger partial charge on any atom is -0.387 e. The Bertz CT molecular complexity index is 126. The van der Waals surface area contributed by atoms with Crippen LogP contribution >= 0.6 is 0 Å². The second-order valence-electron chi connectivity index (χ2n) is 2.48. The third-order valence-corrected chi connectivity index (χ3v) is 1.76. The number of hydrogen-bond acceptors (Lipinski definition) is 5. The van der Waals surface area contributed by atoms with Crippen LogP contribution in [0.2, 0.25) is 0 Å². The van der Waals surface area contributed by atoms with Crippen molar-refractivity contribution in [3.05, 3.63) is 0 Å². The van der Waals surface area contributed by atoms with Crippen molar-refractivity contribution in [1.29, 1.82) is 0 Å². The van der Waals surface area contributed by atoms with Gasteiger partial charge >= 0.3 is 0 Å². The summed E-state index contributed by atoms with van der Waals surface area (Å²) in [5.74, 6) is 0. The van der Waals surface area contributed by atoms with Gasteiger partial charge < -0.3 is 24.8 Å². The highest BCUT2D eigenvalue weighted by Crippen LogP contribution is 2.15. The lowest BCUT2D eigenvalue weighted by Crippen LogP contribution is -2.53. The highest BCUT2D eigenvalue weighted by molar-refractivity contribution is 4.82. The fraction of sp³-hybridized carbons (Fsp3) is 1.00. The van der Waals surface area contributed by atoms with E-state index in [4.69, 9.17) is 14.9 Å². The number of methoxy groups -OCH3 is 1. The lowest BCUT2D eigenvalue weighted by molar-refractivity contribution is -0.256. The van der Waals surface area contributed by atoms with Gasteiger partial charge in [-0.3, -0.25) is 0 Å². The molecule has 66 valence electrons. The van der Waals surface area contributed by atoms with Crippen LogP contribution in [0.1, 0.15) is 0 Å². The van der Waals surface area contributed by atoms with Gasteiger partial charge in [0.05, 0.1) is 6.61 Å². The molecule has 1 aliphatic heterocycles. The Morgan fingerprint density at radius 1 is 1.27 bits per heavy atom. The Morgan fingerprint density at radius 3 is 2.45 bits per heavy atom. The molecule has 0 saturated carbocycles. The third kappa shape index (κ3) is 1.69. The molecule has 1 rings (SSSR count). The van der Waals surface area contributed by atoms with E-state index in [0.717, 1.165) is 0 Å². The molecule has 5 nitrogen and oxygen atoms in total. The number of aliphatic hydroxyl groups excluding tert-OH is 3. The fourth-order valence-electron chi connectivity index (χ4n) is 0.987. The molecule has 0 spiro atoms. The molecule has 1 heterocycles. The zero-order chi connectivity index (χ0) is 8.43. The average molecular weight is 164 g/mol. The lowest BCUT2D eigenvalue weighted by Gasteiger charge is -2.33. The molecule has 5 heteroatoms. The van der Waals surface area contributed by atoms with Gasteiger partial charge in [0.15, 0.2) is 6.29 Å². The molecule has 0 aliphatic carbocycles. The van der Waals surface area contributed by atoms with Crippen LogP contribution in [-0.2, 0) is 9.47 Å². The van der Waals surface area contributed by atoms with E-state index in [2.05, 4.69) is 4.74 Å². The van der Waals surface area contributed by atoms with Crippen molar-refractivity contribution in [1.82, 2.24) is 0 Å². The maximum Gasteiger partial charge on any atom is 0.183 e. The Hall–Kier alpha value is -0.200. The highest BCUT2D eigenvalue weighted by Gasteiger charge is 2.37. The first kappa shape index (κ1) is 8.89. The van der Waals surface area contributed by atoms with Crippen molar-refractivity contribution >= 4 is 0 Å². The molecule has 0 radical (unpaired) electrons. The average Bonchev–Trinajstić information content (AvgIpc) is 2.01. The van der Waals surface area contributed by atoms with E-state index in [0.29, 0.717) is 0 Å². The molecule has 3 N–H and O–H groups in total. The second kappa shape index (κ2) is 3.46. The van der Waals surface area contributed by atoms with Crippen LogP contribution in [-0.4, -0.2) is 53.6 Å². The molecular weight excluding hydrogens is 152 g/mol. The van der Waals surface area contributed by atoms with Gasteiger partial charge in [-0.25, -0.2) is 0 Å². The Labute approximate surface area is 64.2 Å². The summed E-state index contributed by atoms with van der Waals surface area (Å²) < 4.78 is 9.46. The monoisotopic (exact) mass is 164 g/mol. The largest absolute Gasteiger partial charge is 0.387 e. The van der Waals surface area contributed by atoms with Crippen LogP contribution < -0.4 is 0 Å². The summed E-state index contributed by atoms with van der Waals surface area (Å²) in [6.07, 6.45) is -4.23. The van der Waals surface area contributed by atoms with Crippen LogP contribution in [0.4, 0.5) is 0 Å². The molecule has 0 aromatic rings. The number of hydrogen-bond donors (Lipinski definition) is 3. The Balaban J connectivity index is 2.52. The molecule has 11 heavy (non-hydrogen) atoms. The fourth-order valence-corrected chi connectivity index (χ4v) is 0.987. The normalized spacial score (nSPS) is 45.8. The van der Waals surface area contributed by atoms with E-state index in [1.165, 1.54) is 7.11 Å². The maximum atomic E-state index is 9.19. The smallest absolute Gasteiger partial charge is 0.183 e. The molecule has 1 fully saturated rings. The van der Waals surface area contributed by atoms with Crippen LogP contribution in [0, 0.1) is 0 Å². The molecule has 0 aromatic heterocycles. The SMILES string of the molecule is CO[C@@H]1CO[C@@H](O)[C@@H](O)[C@H]1O. The predicted molar refractivity (Wildman–Crippen MR) is 34.8 cm³/mol. The van der Waals surface area contributed by atoms with Crippen molar-refractivity contribution in [2.24, 2.45) is 0 Å². The molecule has 1 aliphatic rings. The highest BCUT2D eigenvalue weighted by atomic mass is 16.6. The molecule has 4 atom stereocenters. The van der Waals surface area contributed by atoms with E-state index in [1.807, 2.05) is 0 Å². The summed E-state index contributed by atoms with van der Waals surface area (Å²) in [6, 6.07) is 0. The van der Waals surface area contributed by atoms with Crippen molar-refractivity contribution in [3.63, 3.8) is 0 Å². The van der Waals surface area contributed by atoms with Gasteiger partial charge in [0.1, 0.15) is 18.3 Å². The second-order valence-corrected chi connectivity index (χ2v) is 2.48. The Morgan fingerprint density at radius 2 is 1.91 bits per heavy atom. The minimum atomic E-state index is -1.31. The molecule has 0 amide bonds. The van der Waals surface area contributed by atoms with Crippen LogP contribution in [0.5, 0.6) is 0 Å². The van der Waals surface area contributed by atoms with Crippen molar-refractivity contribution in [2.75, 3.05) is 13.7 Å². The Kier molecular flexibility index (Phi) is 2.80. The predicted octanol–water partition coefficient (Wildman–Crippen LogP) is -1.93. The van der Waals surface area contributed by atoms with Crippen molar-refractivity contribution < 1.29 is 24.8 Å². The third-order valence-electron chi connectivity index (χ3n) is 1.76. The minimum absolute atomic E-state index is 0.0931. The van der Waals surface area contributed by atoms with E-state index >= 15 is 0 Å². The zero-order valence-electron chi connectivity index (χ0n) is 6.17. The number of aliphatic hydroxyl groups is 3. The summed E-state index contributed by atoms with van der Waals surface area (Å²) in [5, 5.41) is 27.1. The van der Waals surface area contributed by atoms with Gasteiger partial charge in [-0.05, 0) is 0 Å². The molecule has 0 unspecified atom stereocenters. The van der Waals surface area contributed by atoms with Crippen molar-refractivity contribution in [3.8, 4) is 0 Å². The molecule has 0 bridgehead atoms. The first-order valence-electron chi connectivity index (χ1n) is 3.35. The summed E-state index contributed by atoms with van der Waals surface area (Å²) in [5.41, 5.74) is 0. The summed E-state index contributed by atoms with van der Waals surface area (Å²) in [7, 11) is 1.40. The summed E-state index contributed by atoms with van der Waals surface area (Å²) in [6.45, 7) is 0.0931. The summed E-state index contributed by atoms with van der Waals surface area (Å²) in [4.78, 5) is 0. The molecular formula is C6H12O5. The van der Waals surface area contributed by atoms with Gasteiger partial charge in [-0.15, -0.1) is 0 Å². The van der Waals surface area contributed by atoms with Gasteiger partial charge in [-0.2, -0.15) is 0 Å². The molecule has 1 saturated heterocycles. The first-order chi connectivity index (χ1) is 5.16. The topological polar surface area (TPSA) is 79.2 Å². The quantitative estimate of drug-likeness (QED) is 0.420. The maximum absolute atomic E-state index is 9.19. The standard InChI is InChI=1S/C6H12O5/c1-10-3-2-11-6(9)5(8)4(3)7/h3-9H,2H2,1H3/t3-,4+,5+,6-/m1/s1. The van der Waals surface area contributed by atoms with Gasteiger partial charge in [0.2, 0.25) is 0 Å². The van der Waals surface area contributed by atoms with Crippen LogP contribution in [0.25, 0.3) is 0 Å². The molecule has 0 aromatic carbocycles. The lowest BCUT2D eigenvalue weighted by atomic mass is 10.1. The first-order valence-corrected chi connectivity index (χ1v) is 3.35. The number of rotatable bonds is 1. The van der Waals surface area contributed by atoms with Crippen LogP contribution in [0.3, 0.4) is 0 Å². The van der Waals surface area contributed by atoms with Gasteiger partial charge in [0.25, 0.3) is 0 Å². The van der Waals surface area contributed by atoms with E-state index in [9.17, 15) is 5.11 Å². The number of ether oxygens (including phenoxy) is 2. The summed E-state index contributed by atoms with van der Waals surface area (Å²) >= 11 is 0. The zero-order valence-corrected chi connectivity index (χ0v) is 6.17. The van der Waals surface area contributed by atoms with E-state index < -0.39 is 24.6 Å². The van der Waals surface area contributed by atoms with E-state index in [-0.39, 0.29) is 6.61 Å². The van der Waals surface area contributed by atoms with Gasteiger partial charge in [-0.1, -0.05) is 0 Å². The van der Waals surface area contributed by atoms with Crippen molar-refractivity contribution in [2.45, 2.75) is 24.6 Å². The van der Waals surface area contributed by atoms with E-state index in [1.54, 1.807) is 0 Å². The van der Waals surface area contributed by atoms with Crippen LogP contribution in [0.15, 0.2) is 0 Å².